The predicted octanol–water partition coefficient (Wildman–Crippen LogP) is 4.62. The van der Waals surface area contributed by atoms with E-state index < -0.39 is 68.7 Å². The molecule has 2 aliphatic heterocycles. The molecule has 2 atom stereocenters. The molecule has 2 aromatic rings. The Bertz CT molecular complexity index is 2570. The van der Waals surface area contributed by atoms with Crippen LogP contribution in [0.5, 0.6) is 0 Å². The first-order valence-electron chi connectivity index (χ1n) is 20.2. The molecule has 2 unspecified atom stereocenters. The van der Waals surface area contributed by atoms with Crippen molar-refractivity contribution in [2.75, 3.05) is 63.5 Å². The highest BCUT2D eigenvalue weighted by molar-refractivity contribution is 7.89. The third-order valence-electron chi connectivity index (χ3n) is 11.3. The number of carbonyl (C=O) groups is 1. The normalized spacial score (nSPS) is 20.1. The van der Waals surface area contributed by atoms with E-state index in [1.54, 1.807) is 42.5 Å². The van der Waals surface area contributed by atoms with Crippen LogP contribution in [-0.2, 0) is 65.5 Å². The number of nitrogens with one attached hydrogen (secondary N) is 1. The van der Waals surface area contributed by atoms with Crippen LogP contribution in [0.3, 0.4) is 0 Å². The number of nitrogens with zero attached hydrogens (tertiary/aromatic N) is 2. The highest BCUT2D eigenvalue weighted by atomic mass is 32.2. The minimum Gasteiger partial charge on any atom is -0.481 e. The Balaban J connectivity index is 1.82. The van der Waals surface area contributed by atoms with Crippen molar-refractivity contribution in [3.05, 3.63) is 83.6 Å². The van der Waals surface area contributed by atoms with Crippen molar-refractivity contribution in [3.8, 4) is 0 Å². The first-order valence-corrected chi connectivity index (χ1v) is 26.4. The minimum atomic E-state index is -4.63. The molecule has 0 aliphatic carbocycles. The van der Waals surface area contributed by atoms with Gasteiger partial charge in [-0.2, -0.15) is 29.8 Å². The van der Waals surface area contributed by atoms with Gasteiger partial charge in [0, 0.05) is 68.2 Å². The second-order valence-corrected chi connectivity index (χ2v) is 22.2. The summed E-state index contributed by atoms with van der Waals surface area (Å²) >= 11 is 0. The third kappa shape index (κ3) is 13.6. The van der Waals surface area contributed by atoms with Gasteiger partial charge in [-0.05, 0) is 94.3 Å². The summed E-state index contributed by atoms with van der Waals surface area (Å²) < 4.78 is 142. The Morgan fingerprint density at radius 1 is 0.762 bits per heavy atom. The molecule has 0 saturated heterocycles. The number of rotatable bonds is 26. The minimum absolute atomic E-state index is 0.00310. The second-order valence-electron chi connectivity index (χ2n) is 15.8. The molecule has 2 heterocycles. The molecule has 0 fully saturated rings. The number of aliphatic carboxylic acids is 1. The molecule has 4 rings (SSSR count). The van der Waals surface area contributed by atoms with E-state index in [1.807, 2.05) is 29.4 Å². The topological polar surface area (TPSA) is 271 Å². The first-order chi connectivity index (χ1) is 29.4. The summed E-state index contributed by atoms with van der Waals surface area (Å²) in [6.07, 6.45) is 10.7. The lowest BCUT2D eigenvalue weighted by Crippen LogP contribution is -2.33. The van der Waals surface area contributed by atoms with Gasteiger partial charge in [-0.15, -0.1) is 0 Å². The van der Waals surface area contributed by atoms with Crippen LogP contribution in [0.15, 0.2) is 82.3 Å². The fourth-order valence-electron chi connectivity index (χ4n) is 8.24. The second kappa shape index (κ2) is 21.4. The van der Waals surface area contributed by atoms with E-state index in [4.69, 9.17) is 14.6 Å². The molecule has 0 aromatic heterocycles. The van der Waals surface area contributed by atoms with E-state index in [1.165, 1.54) is 32.4 Å². The average molecular weight is 961 g/mol. The number of methoxy groups -OCH3 is 2. The molecule has 5 N–H and O–H groups in total. The molecule has 63 heavy (non-hydrogen) atoms. The van der Waals surface area contributed by atoms with Crippen LogP contribution in [-0.4, -0.2) is 127 Å². The van der Waals surface area contributed by atoms with Gasteiger partial charge in [-0.1, -0.05) is 24.6 Å². The predicted molar refractivity (Wildman–Crippen MR) is 237 cm³/mol. The number of fused-ring (bicyclic) bond motifs is 2. The van der Waals surface area contributed by atoms with Gasteiger partial charge in [0.15, 0.2) is 12.3 Å². The number of hydrogen-bond acceptors (Lipinski definition) is 12. The van der Waals surface area contributed by atoms with Crippen molar-refractivity contribution < 1.29 is 71.3 Å². The van der Waals surface area contributed by atoms with Gasteiger partial charge < -0.3 is 19.5 Å². The van der Waals surface area contributed by atoms with Crippen molar-refractivity contribution in [3.63, 3.8) is 0 Å². The molecule has 0 radical (unpaired) electrons. The molecule has 2 aromatic carbocycles. The molecule has 0 amide bonds. The number of hydrogen-bond donors (Lipinski definition) is 5. The fraction of sp³-hybridized carbons (Fsp3) is 0.512. The summed E-state index contributed by atoms with van der Waals surface area (Å²) in [6, 6.07) is 8.89. The molecule has 350 valence electrons. The lowest BCUT2D eigenvalue weighted by Gasteiger charge is -2.30. The van der Waals surface area contributed by atoms with E-state index in [9.17, 15) is 52.1 Å². The van der Waals surface area contributed by atoms with Gasteiger partial charge in [0.05, 0.1) is 33.3 Å². The number of ether oxygens (including phenoxy) is 2. The number of unbranched alkanes of at least 4 members (excludes halogenated alkanes) is 2. The van der Waals surface area contributed by atoms with Crippen LogP contribution in [0.2, 0.25) is 0 Å². The Morgan fingerprint density at radius 3 is 1.98 bits per heavy atom. The van der Waals surface area contributed by atoms with Crippen molar-refractivity contribution in [1.82, 2.24) is 4.72 Å². The smallest absolute Gasteiger partial charge is 0.303 e. The summed E-state index contributed by atoms with van der Waals surface area (Å²) in [5.74, 6) is -2.00. The summed E-state index contributed by atoms with van der Waals surface area (Å²) in [5.41, 5.74) is 1.73. The SMILES string of the molecule is COCCNS(=O)(=O)c1ccc2c(c1)C(C)(CCCS(=O)(=O)O)C(/C=C/C=C/C=C1/N(CCCCCC(=O)O)c3ccc(S(=O)(=O)O)cc3C1(C)CCCS(=O)(=O)O)=[N+]2CCOC. The summed E-state index contributed by atoms with van der Waals surface area (Å²) in [7, 11) is -14.3. The van der Waals surface area contributed by atoms with Gasteiger partial charge in [0.2, 0.25) is 15.7 Å². The molecule has 2 aliphatic rings. The number of sulfonamides is 1. The maximum Gasteiger partial charge on any atom is 0.303 e. The van der Waals surface area contributed by atoms with Crippen LogP contribution in [0.4, 0.5) is 11.4 Å². The van der Waals surface area contributed by atoms with E-state index in [0.717, 1.165) is 0 Å². The Morgan fingerprint density at radius 2 is 1.38 bits per heavy atom. The molecule has 0 bridgehead atoms. The Kier molecular flexibility index (Phi) is 17.6. The van der Waals surface area contributed by atoms with Crippen molar-refractivity contribution in [2.45, 2.75) is 85.8 Å². The highest BCUT2D eigenvalue weighted by Gasteiger charge is 2.48. The number of carboxylic acid groups (broad SMARTS) is 1. The standard InChI is InChI=1S/C41H57N3O15S4/c1-40(20-11-27-60(47,48)49)33-29-31(62(53,54)42-22-25-58-3)16-18-36(33)44(24-26-59-4)38(40)14-8-5-7-13-37-41(2,21-12-28-61(50,51)52)34-30-32(63(55,56)57)17-19-35(34)43(37)23-10-6-9-15-39(45)46/h5,7-8,13-14,16-19,29-30,42H,6,9-12,15,20-28H2,1-4H3,(H3-,45,46,47,48,49,50,51,52,55,56,57)/p+1. The third-order valence-corrected chi connectivity index (χ3v) is 15.2. The van der Waals surface area contributed by atoms with Crippen molar-refractivity contribution >= 4 is 63.4 Å². The van der Waals surface area contributed by atoms with Gasteiger partial charge in [-0.3, -0.25) is 18.5 Å². The summed E-state index contributed by atoms with van der Waals surface area (Å²) in [4.78, 5) is 12.7. The molecular weight excluding hydrogens is 903 g/mol. The lowest BCUT2D eigenvalue weighted by molar-refractivity contribution is -0.441. The van der Waals surface area contributed by atoms with E-state index in [-0.39, 0.29) is 61.7 Å². The number of benzene rings is 2. The fourth-order valence-corrected chi connectivity index (χ4v) is 10.8. The van der Waals surface area contributed by atoms with Crippen LogP contribution in [0.25, 0.3) is 0 Å². The van der Waals surface area contributed by atoms with Gasteiger partial charge in [0.1, 0.15) is 6.61 Å². The molecule has 0 spiro atoms. The van der Waals surface area contributed by atoms with E-state index in [2.05, 4.69) is 4.72 Å². The maximum atomic E-state index is 13.3. The Hall–Kier alpha value is -3.84. The average Bonchev–Trinajstić information content (AvgIpc) is 3.54. The highest BCUT2D eigenvalue weighted by Crippen LogP contribution is 2.51. The maximum absolute atomic E-state index is 13.3. The van der Waals surface area contributed by atoms with Crippen LogP contribution in [0.1, 0.15) is 76.3 Å². The monoisotopic (exact) mass is 960 g/mol. The zero-order valence-corrected chi connectivity index (χ0v) is 39.0. The molecular formula is C41H58N3O15S4+. The van der Waals surface area contributed by atoms with Crippen LogP contribution in [0, 0.1) is 0 Å². The van der Waals surface area contributed by atoms with Gasteiger partial charge in [0.25, 0.3) is 30.4 Å². The zero-order valence-electron chi connectivity index (χ0n) is 35.8. The molecule has 22 heteroatoms. The van der Waals surface area contributed by atoms with Gasteiger partial charge in [-0.25, -0.2) is 13.1 Å². The largest absolute Gasteiger partial charge is 0.481 e. The zero-order chi connectivity index (χ0) is 46.9. The van der Waals surface area contributed by atoms with Crippen molar-refractivity contribution in [1.29, 1.82) is 0 Å². The van der Waals surface area contributed by atoms with Gasteiger partial charge >= 0.3 is 5.97 Å². The molecule has 18 nitrogen and oxygen atoms in total. The van der Waals surface area contributed by atoms with Crippen LogP contribution < -0.4 is 9.62 Å². The van der Waals surface area contributed by atoms with Crippen molar-refractivity contribution in [2.24, 2.45) is 0 Å². The molecule has 0 saturated carbocycles. The first kappa shape index (κ1) is 51.8. The van der Waals surface area contributed by atoms with Crippen LogP contribution >= 0.6 is 0 Å². The quantitative estimate of drug-likeness (QED) is 0.0373. The number of anilines is 1. The summed E-state index contributed by atoms with van der Waals surface area (Å²) in [5, 5.41) is 9.14. The Labute approximate surface area is 370 Å². The lowest BCUT2D eigenvalue weighted by atomic mass is 9.76. The number of carboxylic acids is 1. The summed E-state index contributed by atoms with van der Waals surface area (Å²) in [6.45, 7) is 4.87. The number of allylic oxidation sites excluding steroid dienone is 6. The van der Waals surface area contributed by atoms with E-state index >= 15 is 0 Å². The van der Waals surface area contributed by atoms with E-state index in [0.29, 0.717) is 66.3 Å².